The van der Waals surface area contributed by atoms with Crippen molar-refractivity contribution in [2.24, 2.45) is 7.05 Å². The van der Waals surface area contributed by atoms with Crippen LogP contribution in [-0.4, -0.2) is 38.9 Å². The van der Waals surface area contributed by atoms with Gasteiger partial charge in [0.25, 0.3) is 0 Å². The summed E-state index contributed by atoms with van der Waals surface area (Å²) < 4.78 is 9.22. The van der Waals surface area contributed by atoms with Crippen LogP contribution in [-0.2, 0) is 18.3 Å². The molecule has 0 aliphatic heterocycles. The Morgan fingerprint density at radius 1 is 1.47 bits per heavy atom. The molecular formula is C13H21N5O. The third kappa shape index (κ3) is 3.35. The highest BCUT2D eigenvalue weighted by atomic mass is 16.5. The number of hydrogen-bond donors (Lipinski definition) is 1. The molecular weight excluding hydrogens is 242 g/mol. The summed E-state index contributed by atoms with van der Waals surface area (Å²) in [6.07, 6.45) is 5.77. The summed E-state index contributed by atoms with van der Waals surface area (Å²) in [6.45, 7) is 5.40. The van der Waals surface area contributed by atoms with Crippen LogP contribution in [0.4, 0.5) is 5.95 Å². The number of aromatic nitrogens is 4. The summed E-state index contributed by atoms with van der Waals surface area (Å²) in [5, 5.41) is 3.35. The maximum absolute atomic E-state index is 5.13. The third-order valence-electron chi connectivity index (χ3n) is 2.92. The summed E-state index contributed by atoms with van der Waals surface area (Å²) in [5.74, 6) is 1.85. The van der Waals surface area contributed by atoms with Crippen molar-refractivity contribution in [3.63, 3.8) is 0 Å². The number of methoxy groups -OCH3 is 1. The van der Waals surface area contributed by atoms with Gasteiger partial charge in [-0.3, -0.25) is 0 Å². The summed E-state index contributed by atoms with van der Waals surface area (Å²) in [4.78, 5) is 8.84. The molecule has 2 heterocycles. The predicted molar refractivity (Wildman–Crippen MR) is 74.2 cm³/mol. The Balaban J connectivity index is 2.14. The van der Waals surface area contributed by atoms with Gasteiger partial charge in [-0.25, -0.2) is 9.97 Å². The van der Waals surface area contributed by atoms with Crippen molar-refractivity contribution in [1.82, 2.24) is 19.1 Å². The third-order valence-corrected chi connectivity index (χ3v) is 2.92. The molecule has 0 amide bonds. The highest BCUT2D eigenvalue weighted by Gasteiger charge is 2.10. The lowest BCUT2D eigenvalue weighted by molar-refractivity contribution is 0.190. The van der Waals surface area contributed by atoms with E-state index in [-0.39, 0.29) is 6.04 Å². The molecule has 0 spiro atoms. The molecule has 19 heavy (non-hydrogen) atoms. The first-order valence-corrected chi connectivity index (χ1v) is 6.35. The van der Waals surface area contributed by atoms with Crippen molar-refractivity contribution in [3.05, 3.63) is 30.1 Å². The topological polar surface area (TPSA) is 56.9 Å². The van der Waals surface area contributed by atoms with E-state index in [2.05, 4.69) is 26.8 Å². The van der Waals surface area contributed by atoms with Crippen LogP contribution in [0.25, 0.3) is 0 Å². The van der Waals surface area contributed by atoms with E-state index in [1.807, 2.05) is 30.9 Å². The smallest absolute Gasteiger partial charge is 0.203 e. The average molecular weight is 263 g/mol. The Labute approximate surface area is 113 Å². The lowest BCUT2D eigenvalue weighted by Gasteiger charge is -2.15. The fraction of sp³-hybridized carbons (Fsp3) is 0.538. The van der Waals surface area contributed by atoms with Crippen LogP contribution >= 0.6 is 0 Å². The molecule has 0 aromatic carbocycles. The molecule has 6 heteroatoms. The summed E-state index contributed by atoms with van der Waals surface area (Å²) in [7, 11) is 3.69. The molecule has 1 N–H and O–H groups in total. The molecule has 0 aliphatic carbocycles. The van der Waals surface area contributed by atoms with Gasteiger partial charge in [-0.15, -0.1) is 0 Å². The Hall–Kier alpha value is -1.82. The summed E-state index contributed by atoms with van der Waals surface area (Å²) in [5.41, 5.74) is 0.987. The molecule has 0 radical (unpaired) electrons. The van der Waals surface area contributed by atoms with E-state index in [1.54, 1.807) is 13.3 Å². The van der Waals surface area contributed by atoms with E-state index in [1.165, 1.54) is 0 Å². The molecule has 1 atom stereocenters. The van der Waals surface area contributed by atoms with Crippen LogP contribution in [0.2, 0.25) is 0 Å². The second-order valence-electron chi connectivity index (χ2n) is 4.79. The maximum atomic E-state index is 5.13. The minimum atomic E-state index is 0.215. The predicted octanol–water partition coefficient (Wildman–Crippen LogP) is 1.42. The summed E-state index contributed by atoms with van der Waals surface area (Å²) >= 11 is 0. The van der Waals surface area contributed by atoms with Crippen LogP contribution in [0, 0.1) is 6.92 Å². The first kappa shape index (κ1) is 13.6. The van der Waals surface area contributed by atoms with Gasteiger partial charge >= 0.3 is 0 Å². The van der Waals surface area contributed by atoms with E-state index in [9.17, 15) is 0 Å². The maximum Gasteiger partial charge on any atom is 0.203 e. The number of aryl methyl sites for hydroxylation is 2. The van der Waals surface area contributed by atoms with E-state index in [4.69, 9.17) is 4.74 Å². The minimum absolute atomic E-state index is 0.215. The first-order chi connectivity index (χ1) is 9.10. The van der Waals surface area contributed by atoms with Crippen LogP contribution in [0.3, 0.4) is 0 Å². The molecule has 0 bridgehead atoms. The molecule has 0 aliphatic rings. The van der Waals surface area contributed by atoms with Crippen molar-refractivity contribution in [2.75, 3.05) is 19.0 Å². The number of ether oxygens (including phenoxy) is 1. The lowest BCUT2D eigenvalue weighted by atomic mass is 10.4. The molecule has 2 aromatic heterocycles. The number of nitrogens with zero attached hydrogens (tertiary/aromatic N) is 4. The normalized spacial score (nSPS) is 12.6. The number of nitrogens with one attached hydrogen (secondary N) is 1. The van der Waals surface area contributed by atoms with Gasteiger partial charge in [-0.05, 0) is 13.8 Å². The summed E-state index contributed by atoms with van der Waals surface area (Å²) in [6, 6.07) is 0.215. The van der Waals surface area contributed by atoms with Gasteiger partial charge in [-0.2, -0.15) is 0 Å². The highest BCUT2D eigenvalue weighted by molar-refractivity contribution is 5.30. The van der Waals surface area contributed by atoms with E-state index < -0.39 is 0 Å². The van der Waals surface area contributed by atoms with Gasteiger partial charge in [-0.1, -0.05) is 0 Å². The SMILES string of the molecule is COCC(C)Nc1nc(C)cn1Cc1nccn1C. The Morgan fingerprint density at radius 2 is 2.26 bits per heavy atom. The molecule has 2 aromatic rings. The van der Waals surface area contributed by atoms with Crippen LogP contribution < -0.4 is 5.32 Å². The van der Waals surface area contributed by atoms with E-state index in [0.717, 1.165) is 17.5 Å². The molecule has 104 valence electrons. The van der Waals surface area contributed by atoms with Gasteiger partial charge in [0.05, 0.1) is 18.8 Å². The van der Waals surface area contributed by atoms with Crippen molar-refractivity contribution in [3.8, 4) is 0 Å². The number of rotatable bonds is 6. The molecule has 0 saturated carbocycles. The number of hydrogen-bond acceptors (Lipinski definition) is 4. The standard InChI is InChI=1S/C13H21N5O/c1-10-7-18(8-12-14-5-6-17(12)3)13(15-10)16-11(2)9-19-4/h5-7,11H,8-9H2,1-4H3,(H,15,16). The highest BCUT2D eigenvalue weighted by Crippen LogP contribution is 2.12. The van der Waals surface area contributed by atoms with E-state index in [0.29, 0.717) is 13.2 Å². The first-order valence-electron chi connectivity index (χ1n) is 6.35. The number of anilines is 1. The van der Waals surface area contributed by atoms with Crippen molar-refractivity contribution in [1.29, 1.82) is 0 Å². The lowest BCUT2D eigenvalue weighted by Crippen LogP contribution is -2.23. The van der Waals surface area contributed by atoms with Crippen molar-refractivity contribution >= 4 is 5.95 Å². The van der Waals surface area contributed by atoms with Gasteiger partial charge in [0, 0.05) is 38.8 Å². The van der Waals surface area contributed by atoms with Crippen LogP contribution in [0.5, 0.6) is 0 Å². The van der Waals surface area contributed by atoms with Gasteiger partial charge in [0.15, 0.2) is 0 Å². The molecule has 2 rings (SSSR count). The van der Waals surface area contributed by atoms with E-state index >= 15 is 0 Å². The molecule has 0 saturated heterocycles. The second kappa shape index (κ2) is 5.88. The zero-order chi connectivity index (χ0) is 13.8. The van der Waals surface area contributed by atoms with Gasteiger partial charge in [0.2, 0.25) is 5.95 Å². The van der Waals surface area contributed by atoms with Crippen LogP contribution in [0.15, 0.2) is 18.6 Å². The molecule has 0 fully saturated rings. The second-order valence-corrected chi connectivity index (χ2v) is 4.79. The molecule has 1 unspecified atom stereocenters. The van der Waals surface area contributed by atoms with Gasteiger partial charge in [0.1, 0.15) is 5.82 Å². The minimum Gasteiger partial charge on any atom is -0.383 e. The quantitative estimate of drug-likeness (QED) is 0.856. The zero-order valence-corrected chi connectivity index (χ0v) is 11.9. The fourth-order valence-electron chi connectivity index (χ4n) is 2.00. The van der Waals surface area contributed by atoms with Gasteiger partial charge < -0.3 is 19.2 Å². The van der Waals surface area contributed by atoms with Crippen molar-refractivity contribution < 1.29 is 4.74 Å². The van der Waals surface area contributed by atoms with Crippen molar-refractivity contribution in [2.45, 2.75) is 26.4 Å². The zero-order valence-electron chi connectivity index (χ0n) is 11.9. The largest absolute Gasteiger partial charge is 0.383 e. The average Bonchev–Trinajstić information content (AvgIpc) is 2.88. The van der Waals surface area contributed by atoms with Crippen LogP contribution in [0.1, 0.15) is 18.4 Å². The Morgan fingerprint density at radius 3 is 2.89 bits per heavy atom. The Kier molecular flexibility index (Phi) is 4.21. The fourth-order valence-corrected chi connectivity index (χ4v) is 2.00. The number of imidazole rings is 2. The Bertz CT molecular complexity index is 531. The molecule has 6 nitrogen and oxygen atoms in total. The monoisotopic (exact) mass is 263 g/mol.